The SMILES string of the molecule is O=C(N[C@H]1CCS(=O)(=O)C1)c1ccccc1Oc1ccccc1. The predicted octanol–water partition coefficient (Wildman–Crippen LogP) is 2.40. The number of amides is 1. The molecule has 0 radical (unpaired) electrons. The Bertz CT molecular complexity index is 802. The normalized spacial score (nSPS) is 19.2. The number of rotatable bonds is 4. The smallest absolute Gasteiger partial charge is 0.255 e. The van der Waals surface area contributed by atoms with Crippen molar-refractivity contribution in [3.8, 4) is 11.5 Å². The first kappa shape index (κ1) is 15.6. The third-order valence-electron chi connectivity index (χ3n) is 3.67. The van der Waals surface area contributed by atoms with Gasteiger partial charge in [-0.05, 0) is 30.7 Å². The van der Waals surface area contributed by atoms with Crippen LogP contribution in [0.2, 0.25) is 0 Å². The minimum Gasteiger partial charge on any atom is -0.457 e. The minimum absolute atomic E-state index is 0.000446. The molecule has 1 aliphatic heterocycles. The van der Waals surface area contributed by atoms with Crippen LogP contribution < -0.4 is 10.1 Å². The maximum absolute atomic E-state index is 12.4. The van der Waals surface area contributed by atoms with Gasteiger partial charge in [-0.25, -0.2) is 8.42 Å². The van der Waals surface area contributed by atoms with Gasteiger partial charge in [-0.15, -0.1) is 0 Å². The van der Waals surface area contributed by atoms with Crippen LogP contribution in [0, 0.1) is 0 Å². The van der Waals surface area contributed by atoms with Crippen LogP contribution in [-0.2, 0) is 9.84 Å². The third kappa shape index (κ3) is 3.90. The van der Waals surface area contributed by atoms with E-state index in [2.05, 4.69) is 5.32 Å². The molecule has 3 rings (SSSR count). The summed E-state index contributed by atoms with van der Waals surface area (Å²) in [5.41, 5.74) is 0.389. The van der Waals surface area contributed by atoms with Gasteiger partial charge in [0.15, 0.2) is 9.84 Å². The molecule has 0 saturated carbocycles. The average molecular weight is 331 g/mol. The van der Waals surface area contributed by atoms with Crippen LogP contribution in [0.5, 0.6) is 11.5 Å². The second-order valence-electron chi connectivity index (χ2n) is 5.48. The molecule has 0 bridgehead atoms. The van der Waals surface area contributed by atoms with Crippen LogP contribution in [0.3, 0.4) is 0 Å². The van der Waals surface area contributed by atoms with Crippen molar-refractivity contribution in [1.82, 2.24) is 5.32 Å². The standard InChI is InChI=1S/C17H17NO4S/c19-17(18-13-10-11-23(20,21)12-13)15-8-4-5-9-16(15)22-14-6-2-1-3-7-14/h1-9,13H,10-12H2,(H,18,19)/t13-/m0/s1. The van der Waals surface area contributed by atoms with Gasteiger partial charge in [0, 0.05) is 6.04 Å². The van der Waals surface area contributed by atoms with Gasteiger partial charge in [0.2, 0.25) is 0 Å². The fraction of sp³-hybridized carbons (Fsp3) is 0.235. The van der Waals surface area contributed by atoms with Crippen molar-refractivity contribution < 1.29 is 17.9 Å². The van der Waals surface area contributed by atoms with E-state index in [1.54, 1.807) is 36.4 Å². The minimum atomic E-state index is -3.03. The lowest BCUT2D eigenvalue weighted by molar-refractivity contribution is 0.0939. The van der Waals surface area contributed by atoms with Crippen molar-refractivity contribution in [2.75, 3.05) is 11.5 Å². The molecule has 1 atom stereocenters. The van der Waals surface area contributed by atoms with Gasteiger partial charge < -0.3 is 10.1 Å². The summed E-state index contributed by atoms with van der Waals surface area (Å²) in [6.45, 7) is 0. The second-order valence-corrected chi connectivity index (χ2v) is 7.71. The predicted molar refractivity (Wildman–Crippen MR) is 87.5 cm³/mol. The summed E-state index contributed by atoms with van der Waals surface area (Å²) in [5, 5.41) is 2.78. The molecule has 0 aromatic heterocycles. The first-order valence-electron chi connectivity index (χ1n) is 7.37. The molecule has 2 aromatic carbocycles. The van der Waals surface area contributed by atoms with Crippen molar-refractivity contribution in [2.24, 2.45) is 0 Å². The van der Waals surface area contributed by atoms with Crippen LogP contribution in [0.4, 0.5) is 0 Å². The molecule has 1 aliphatic rings. The average Bonchev–Trinajstić information content (AvgIpc) is 2.87. The van der Waals surface area contributed by atoms with E-state index in [1.807, 2.05) is 18.2 Å². The monoisotopic (exact) mass is 331 g/mol. The Morgan fingerprint density at radius 2 is 1.74 bits per heavy atom. The summed E-state index contributed by atoms with van der Waals surface area (Å²) in [6.07, 6.45) is 0.454. The summed E-state index contributed by atoms with van der Waals surface area (Å²) < 4.78 is 28.7. The van der Waals surface area contributed by atoms with Crippen molar-refractivity contribution in [3.63, 3.8) is 0 Å². The highest BCUT2D eigenvalue weighted by Gasteiger charge is 2.29. The molecular formula is C17H17NO4S. The summed E-state index contributed by atoms with van der Waals surface area (Å²) in [4.78, 5) is 12.4. The summed E-state index contributed by atoms with van der Waals surface area (Å²) >= 11 is 0. The number of ether oxygens (including phenoxy) is 1. The lowest BCUT2D eigenvalue weighted by atomic mass is 10.1. The number of carbonyl (C=O) groups is 1. The number of para-hydroxylation sites is 2. The summed E-state index contributed by atoms with van der Waals surface area (Å²) in [7, 11) is -3.03. The van der Waals surface area contributed by atoms with E-state index in [0.717, 1.165) is 0 Å². The number of hydrogen-bond donors (Lipinski definition) is 1. The molecule has 0 spiro atoms. The Labute approximate surface area is 135 Å². The molecule has 1 amide bonds. The van der Waals surface area contributed by atoms with Gasteiger partial charge in [0.25, 0.3) is 5.91 Å². The maximum Gasteiger partial charge on any atom is 0.255 e. The molecule has 6 heteroatoms. The van der Waals surface area contributed by atoms with Gasteiger partial charge in [-0.1, -0.05) is 30.3 Å². The zero-order valence-electron chi connectivity index (χ0n) is 12.4. The van der Waals surface area contributed by atoms with Gasteiger partial charge in [-0.3, -0.25) is 4.79 Å². The number of hydrogen-bond acceptors (Lipinski definition) is 4. The first-order valence-corrected chi connectivity index (χ1v) is 9.19. The first-order chi connectivity index (χ1) is 11.0. The number of nitrogens with one attached hydrogen (secondary N) is 1. The highest BCUT2D eigenvalue weighted by Crippen LogP contribution is 2.25. The zero-order chi connectivity index (χ0) is 16.3. The van der Waals surface area contributed by atoms with Gasteiger partial charge >= 0.3 is 0 Å². The Morgan fingerprint density at radius 3 is 2.43 bits per heavy atom. The van der Waals surface area contributed by atoms with E-state index in [9.17, 15) is 13.2 Å². The molecule has 1 heterocycles. The molecule has 2 aromatic rings. The zero-order valence-corrected chi connectivity index (χ0v) is 13.3. The molecule has 23 heavy (non-hydrogen) atoms. The lowest BCUT2D eigenvalue weighted by Crippen LogP contribution is -2.35. The quantitative estimate of drug-likeness (QED) is 0.934. The van der Waals surface area contributed by atoms with Gasteiger partial charge in [0.1, 0.15) is 11.5 Å². The molecule has 0 aliphatic carbocycles. The summed E-state index contributed by atoms with van der Waals surface area (Å²) in [6, 6.07) is 15.8. The number of carbonyl (C=O) groups excluding carboxylic acids is 1. The van der Waals surface area contributed by atoms with E-state index in [1.165, 1.54) is 0 Å². The van der Waals surface area contributed by atoms with Crippen LogP contribution in [0.25, 0.3) is 0 Å². The van der Waals surface area contributed by atoms with Gasteiger partial charge in [0.05, 0.1) is 17.1 Å². The van der Waals surface area contributed by atoms with Crippen LogP contribution in [0.15, 0.2) is 54.6 Å². The molecule has 1 N–H and O–H groups in total. The lowest BCUT2D eigenvalue weighted by Gasteiger charge is -2.14. The van der Waals surface area contributed by atoms with Crippen molar-refractivity contribution in [3.05, 3.63) is 60.2 Å². The molecule has 1 fully saturated rings. The van der Waals surface area contributed by atoms with E-state index in [-0.39, 0.29) is 23.5 Å². The third-order valence-corrected chi connectivity index (χ3v) is 5.44. The largest absolute Gasteiger partial charge is 0.457 e. The highest BCUT2D eigenvalue weighted by atomic mass is 32.2. The van der Waals surface area contributed by atoms with Crippen molar-refractivity contribution >= 4 is 15.7 Å². The Morgan fingerprint density at radius 1 is 1.04 bits per heavy atom. The van der Waals surface area contributed by atoms with Crippen LogP contribution >= 0.6 is 0 Å². The van der Waals surface area contributed by atoms with Crippen LogP contribution in [0.1, 0.15) is 16.8 Å². The Kier molecular flexibility index (Phi) is 4.34. The topological polar surface area (TPSA) is 72.5 Å². The fourth-order valence-electron chi connectivity index (χ4n) is 2.53. The van der Waals surface area contributed by atoms with E-state index >= 15 is 0 Å². The molecular weight excluding hydrogens is 314 g/mol. The Balaban J connectivity index is 1.76. The molecule has 5 nitrogen and oxygen atoms in total. The fourth-order valence-corrected chi connectivity index (χ4v) is 4.20. The summed E-state index contributed by atoms with van der Waals surface area (Å²) in [5.74, 6) is 0.882. The van der Waals surface area contributed by atoms with E-state index < -0.39 is 9.84 Å². The van der Waals surface area contributed by atoms with Gasteiger partial charge in [-0.2, -0.15) is 0 Å². The van der Waals surface area contributed by atoms with Crippen molar-refractivity contribution in [1.29, 1.82) is 0 Å². The highest BCUT2D eigenvalue weighted by molar-refractivity contribution is 7.91. The van der Waals surface area contributed by atoms with Crippen molar-refractivity contribution in [2.45, 2.75) is 12.5 Å². The molecule has 1 saturated heterocycles. The Hall–Kier alpha value is -2.34. The molecule has 120 valence electrons. The second kappa shape index (κ2) is 6.42. The number of sulfone groups is 1. The maximum atomic E-state index is 12.4. The molecule has 0 unspecified atom stereocenters. The van der Waals surface area contributed by atoms with Crippen LogP contribution in [-0.4, -0.2) is 31.9 Å². The van der Waals surface area contributed by atoms with E-state index in [0.29, 0.717) is 23.5 Å². The van der Waals surface area contributed by atoms with E-state index in [4.69, 9.17) is 4.74 Å². The number of benzene rings is 2.